The minimum absolute atomic E-state index is 0.0391. The Labute approximate surface area is 367 Å². The zero-order valence-electron chi connectivity index (χ0n) is 34.0. The summed E-state index contributed by atoms with van der Waals surface area (Å²) in [5.41, 5.74) is -3.84. The molecule has 324 valence electrons. The summed E-state index contributed by atoms with van der Waals surface area (Å²) in [7, 11) is -5.37. The lowest BCUT2D eigenvalue weighted by atomic mass is 9.95. The predicted molar refractivity (Wildman–Crippen MR) is 235 cm³/mol. The van der Waals surface area contributed by atoms with E-state index in [0.717, 1.165) is 53.6 Å². The summed E-state index contributed by atoms with van der Waals surface area (Å²) >= 11 is 1.92. The van der Waals surface area contributed by atoms with Crippen molar-refractivity contribution < 1.29 is 41.6 Å². The average Bonchev–Trinajstić information content (AvgIpc) is 4.02. The van der Waals surface area contributed by atoms with Gasteiger partial charge in [0.05, 0.1) is 30.5 Å². The first-order chi connectivity index (χ1) is 29.8. The molecule has 17 heteroatoms. The number of benzene rings is 3. The van der Waals surface area contributed by atoms with E-state index in [1.807, 2.05) is 37.3 Å². The smallest absolute Gasteiger partial charge is 0.422 e. The molecule has 6 atom stereocenters. The molecule has 0 spiro atoms. The summed E-state index contributed by atoms with van der Waals surface area (Å²) in [6.07, 6.45) is 4.63. The summed E-state index contributed by atoms with van der Waals surface area (Å²) in [4.78, 5) is 65.1. The van der Waals surface area contributed by atoms with Crippen molar-refractivity contribution in [1.82, 2.24) is 15.1 Å². The largest absolute Gasteiger partial charge is 0.453 e. The number of halogens is 2. The molecule has 1 aromatic heterocycles. The number of alkyl halides is 2. The number of nitrogens with one attached hydrogen (secondary N) is 1. The molecule has 4 aromatic rings. The summed E-state index contributed by atoms with van der Waals surface area (Å²) in [6, 6.07) is 17.8. The van der Waals surface area contributed by atoms with Crippen LogP contribution in [0.3, 0.4) is 0 Å². The standard InChI is InChI=1S/C45H46F2N5O7PS2/c1-4-11-41(53)61-23-22-58-60(57,59-34-16-10-14-32(26-34)48-2)45(46,47)31-18-21-39-30(24-31)25-40(62-39)42(54)50-36-17-9-8-15-33-19-20-38(52(33)43(36)55)44(56)51-27-35(37(28-51)49-3)29-12-6-5-7-13-29/h5-7,10,12-14,16,18,21,24-26,33,35-38H,4,8-9,11,15,17,19-20,22-23,27-28H2,1H3,(H,50,54)/t33-,35-,36-,37+,38-,60?/m0/s1. The maximum atomic E-state index is 16.5. The average molecular weight is 902 g/mol. The molecule has 1 N–H and O–H groups in total. The van der Waals surface area contributed by atoms with Gasteiger partial charge in [0.25, 0.3) is 5.91 Å². The second kappa shape index (κ2) is 19.5. The van der Waals surface area contributed by atoms with Crippen LogP contribution in [-0.2, 0) is 29.1 Å². The van der Waals surface area contributed by atoms with Crippen molar-refractivity contribution in [2.45, 2.75) is 94.0 Å². The van der Waals surface area contributed by atoms with Crippen molar-refractivity contribution in [1.29, 1.82) is 0 Å². The van der Waals surface area contributed by atoms with Crippen LogP contribution in [0.5, 0.6) is 5.75 Å². The highest BCUT2D eigenvalue weighted by Gasteiger charge is 2.57. The minimum Gasteiger partial charge on any atom is -0.422 e. The molecule has 4 heterocycles. The van der Waals surface area contributed by atoms with Gasteiger partial charge in [-0.3, -0.25) is 23.7 Å². The van der Waals surface area contributed by atoms with Gasteiger partial charge in [-0.15, -0.1) is 11.3 Å². The Hall–Kier alpha value is -5.12. The van der Waals surface area contributed by atoms with Crippen molar-refractivity contribution >= 4 is 69.3 Å². The maximum Gasteiger partial charge on any atom is 0.453 e. The number of carbonyl (C=O) groups is 4. The SMILES string of the molecule is [C-]#[N+]c1cccc(OP(=O)(OCCSC(=O)CCC)C(F)(F)c2ccc3sc(C(=O)N[C@H]4CCCC[C@H]5CC[C@@H](C(=O)N6C[C@@H]([N+]#[C-])[C@H](c7ccccc7)C6)N5C4=O)cc3c2)c1. The van der Waals surface area contributed by atoms with Crippen LogP contribution in [0.4, 0.5) is 14.5 Å². The van der Waals surface area contributed by atoms with Gasteiger partial charge in [0.2, 0.25) is 17.9 Å². The summed E-state index contributed by atoms with van der Waals surface area (Å²) in [5.74, 6) is -1.53. The number of likely N-dealkylation sites (tertiary alicyclic amines) is 1. The molecule has 0 radical (unpaired) electrons. The third kappa shape index (κ3) is 9.59. The van der Waals surface area contributed by atoms with Gasteiger partial charge in [0.15, 0.2) is 10.8 Å². The van der Waals surface area contributed by atoms with Crippen molar-refractivity contribution in [3.8, 4) is 5.75 Å². The summed E-state index contributed by atoms with van der Waals surface area (Å²) in [6.45, 7) is 17.1. The number of rotatable bonds is 14. The molecule has 3 aromatic carbocycles. The Morgan fingerprint density at radius 3 is 2.53 bits per heavy atom. The lowest BCUT2D eigenvalue weighted by Gasteiger charge is -2.36. The first-order valence-corrected chi connectivity index (χ1v) is 24.0. The van der Waals surface area contributed by atoms with Crippen molar-refractivity contribution in [3.05, 3.63) is 118 Å². The molecule has 3 saturated heterocycles. The molecule has 0 aliphatic carbocycles. The topological polar surface area (TPSA) is 131 Å². The zero-order valence-corrected chi connectivity index (χ0v) is 36.6. The number of amides is 3. The van der Waals surface area contributed by atoms with Crippen LogP contribution in [0, 0.1) is 13.1 Å². The van der Waals surface area contributed by atoms with E-state index in [-0.39, 0.29) is 69.3 Å². The fraction of sp³-hybridized carbons (Fsp3) is 0.422. The van der Waals surface area contributed by atoms with E-state index in [1.165, 1.54) is 36.4 Å². The number of thioether (sulfide) groups is 1. The number of fused-ring (bicyclic) bond motifs is 2. The summed E-state index contributed by atoms with van der Waals surface area (Å²) in [5, 5.41) is 2.99. The van der Waals surface area contributed by atoms with Crippen LogP contribution >= 0.6 is 30.7 Å². The first-order valence-electron chi connectivity index (χ1n) is 20.7. The molecule has 12 nitrogen and oxygen atoms in total. The Balaban J connectivity index is 1.07. The second-order valence-electron chi connectivity index (χ2n) is 15.7. The molecule has 7 rings (SSSR count). The van der Waals surface area contributed by atoms with Crippen LogP contribution in [0.25, 0.3) is 19.8 Å². The number of thiophene rings is 1. The monoisotopic (exact) mass is 901 g/mol. The Morgan fingerprint density at radius 2 is 1.77 bits per heavy atom. The van der Waals surface area contributed by atoms with E-state index >= 15 is 8.78 Å². The van der Waals surface area contributed by atoms with Gasteiger partial charge in [-0.05, 0) is 73.4 Å². The van der Waals surface area contributed by atoms with E-state index in [4.69, 9.17) is 22.2 Å². The highest BCUT2D eigenvalue weighted by atomic mass is 32.2. The van der Waals surface area contributed by atoms with Gasteiger partial charge in [-0.2, -0.15) is 8.78 Å². The quantitative estimate of drug-likeness (QED) is 0.0752. The van der Waals surface area contributed by atoms with Gasteiger partial charge in [-0.25, -0.2) is 16.0 Å². The molecule has 62 heavy (non-hydrogen) atoms. The number of hydrogen-bond acceptors (Lipinski definition) is 9. The van der Waals surface area contributed by atoms with Gasteiger partial charge in [-0.1, -0.05) is 80.1 Å². The Bertz CT molecular complexity index is 2460. The molecule has 1 unspecified atom stereocenters. The fourth-order valence-electron chi connectivity index (χ4n) is 8.48. The van der Waals surface area contributed by atoms with Gasteiger partial charge < -0.3 is 24.5 Å². The maximum absolute atomic E-state index is 16.5. The Kier molecular flexibility index (Phi) is 14.1. The van der Waals surface area contributed by atoms with Gasteiger partial charge in [0.1, 0.15) is 17.8 Å². The first kappa shape index (κ1) is 44.9. The minimum atomic E-state index is -5.37. The van der Waals surface area contributed by atoms with Gasteiger partial charge >= 0.3 is 13.3 Å². The third-order valence-electron chi connectivity index (χ3n) is 11.6. The summed E-state index contributed by atoms with van der Waals surface area (Å²) < 4.78 is 58.4. The second-order valence-corrected chi connectivity index (χ2v) is 19.9. The van der Waals surface area contributed by atoms with Crippen LogP contribution < -0.4 is 9.84 Å². The van der Waals surface area contributed by atoms with E-state index < -0.39 is 49.5 Å². The molecular weight excluding hydrogens is 856 g/mol. The van der Waals surface area contributed by atoms with Crippen molar-refractivity contribution in [2.24, 2.45) is 0 Å². The third-order valence-corrected chi connectivity index (χ3v) is 15.5. The highest BCUT2D eigenvalue weighted by Crippen LogP contribution is 2.66. The Morgan fingerprint density at radius 1 is 0.984 bits per heavy atom. The normalized spacial score (nSPS) is 22.5. The van der Waals surface area contributed by atoms with E-state index in [0.29, 0.717) is 43.3 Å². The van der Waals surface area contributed by atoms with Gasteiger partial charge in [0, 0.05) is 35.0 Å². The molecule has 3 aliphatic rings. The molecular formula is C45H46F2N5O7PS2. The van der Waals surface area contributed by atoms with E-state index in [9.17, 15) is 23.7 Å². The van der Waals surface area contributed by atoms with Crippen LogP contribution in [0.1, 0.15) is 85.0 Å². The molecule has 3 fully saturated rings. The van der Waals surface area contributed by atoms with Crippen LogP contribution in [0.15, 0.2) is 78.9 Å². The number of hydrogen-bond donors (Lipinski definition) is 1. The van der Waals surface area contributed by atoms with Crippen molar-refractivity contribution in [3.63, 3.8) is 0 Å². The molecule has 0 bridgehead atoms. The number of carbonyl (C=O) groups excluding carboxylic acids is 4. The van der Waals surface area contributed by atoms with E-state index in [1.54, 1.807) is 9.80 Å². The van der Waals surface area contributed by atoms with Crippen molar-refractivity contribution in [2.75, 3.05) is 25.4 Å². The molecule has 3 aliphatic heterocycles. The van der Waals surface area contributed by atoms with E-state index in [2.05, 4.69) is 15.0 Å². The van der Waals surface area contributed by atoms with Crippen LogP contribution in [-0.4, -0.2) is 82.3 Å². The highest BCUT2D eigenvalue weighted by molar-refractivity contribution is 8.13. The predicted octanol–water partition coefficient (Wildman–Crippen LogP) is 9.80. The zero-order chi connectivity index (χ0) is 44.0. The molecule has 3 amide bonds. The van der Waals surface area contributed by atoms with Crippen LogP contribution in [0.2, 0.25) is 0 Å². The lowest BCUT2D eigenvalue weighted by molar-refractivity contribution is -0.146. The molecule has 0 saturated carbocycles. The lowest BCUT2D eigenvalue weighted by Crippen LogP contribution is -2.56. The fourth-order valence-corrected chi connectivity index (χ4v) is 11.8. The number of nitrogens with zero attached hydrogens (tertiary/aromatic N) is 4.